The van der Waals surface area contributed by atoms with Crippen LogP contribution in [-0.4, -0.2) is 75.8 Å². The van der Waals surface area contributed by atoms with Crippen molar-refractivity contribution in [3.63, 3.8) is 0 Å². The number of hydrogen-bond acceptors (Lipinski definition) is 8. The highest BCUT2D eigenvalue weighted by molar-refractivity contribution is 7.99. The Morgan fingerprint density at radius 3 is 2.76 bits per heavy atom. The van der Waals surface area contributed by atoms with Gasteiger partial charge in [-0.1, -0.05) is 11.8 Å². The van der Waals surface area contributed by atoms with E-state index in [1.807, 2.05) is 10.3 Å². The Bertz CT molecular complexity index is 635. The number of amides is 1. The number of thioether (sulfide) groups is 1. The molecule has 0 atom stereocenters. The molecule has 1 aliphatic rings. The van der Waals surface area contributed by atoms with Crippen LogP contribution in [0.1, 0.15) is 5.01 Å². The van der Waals surface area contributed by atoms with Crippen LogP contribution in [-0.2, 0) is 16.1 Å². The number of rotatable bonds is 8. The minimum atomic E-state index is 0.0842. The number of hydrogen-bond donors (Lipinski definition) is 0. The Labute approximate surface area is 155 Å². The average molecular weight is 380 g/mol. The summed E-state index contributed by atoms with van der Waals surface area (Å²) >= 11 is 2.94. The van der Waals surface area contributed by atoms with E-state index in [2.05, 4.69) is 19.9 Å². The van der Waals surface area contributed by atoms with Gasteiger partial charge in [-0.25, -0.2) is 15.0 Å². The van der Waals surface area contributed by atoms with Gasteiger partial charge in [0.1, 0.15) is 5.01 Å². The number of thiazole rings is 1. The van der Waals surface area contributed by atoms with Gasteiger partial charge in [0.05, 0.1) is 25.5 Å². The molecule has 0 radical (unpaired) electrons. The molecule has 1 amide bonds. The van der Waals surface area contributed by atoms with Gasteiger partial charge in [0.15, 0.2) is 5.16 Å². The Hall–Kier alpha value is -1.55. The highest BCUT2D eigenvalue weighted by Gasteiger charge is 2.18. The molecule has 0 spiro atoms. The Kier molecular flexibility index (Phi) is 7.16. The Morgan fingerprint density at radius 2 is 2.04 bits per heavy atom. The number of carbonyl (C=O) groups excluding carboxylic acids is 1. The molecule has 2 aromatic rings. The fraction of sp³-hybridized carbons (Fsp3) is 0.500. The third-order valence-electron chi connectivity index (χ3n) is 3.82. The summed E-state index contributed by atoms with van der Waals surface area (Å²) in [6.07, 6.45) is 5.15. The van der Waals surface area contributed by atoms with Crippen LogP contribution in [0.25, 0.3) is 0 Å². The van der Waals surface area contributed by atoms with Crippen LogP contribution < -0.4 is 0 Å². The predicted octanol–water partition coefficient (Wildman–Crippen LogP) is 1.39. The standard InChI is InChI=1S/C16H21N5O2S2/c22-15(13-25-16-18-2-1-3-19-16)21(12-14-17-4-11-24-14)6-5-20-7-9-23-10-8-20/h1-4,11H,5-10,12-13H2. The van der Waals surface area contributed by atoms with Crippen LogP contribution >= 0.6 is 23.1 Å². The van der Waals surface area contributed by atoms with Gasteiger partial charge in [-0.3, -0.25) is 9.69 Å². The minimum absolute atomic E-state index is 0.0842. The summed E-state index contributed by atoms with van der Waals surface area (Å²) in [5.41, 5.74) is 0. The summed E-state index contributed by atoms with van der Waals surface area (Å²) in [5.74, 6) is 0.416. The molecule has 134 valence electrons. The highest BCUT2D eigenvalue weighted by Crippen LogP contribution is 2.14. The lowest BCUT2D eigenvalue weighted by Gasteiger charge is -2.29. The van der Waals surface area contributed by atoms with E-state index in [0.717, 1.165) is 37.9 Å². The third-order valence-corrected chi connectivity index (χ3v) is 5.44. The summed E-state index contributed by atoms with van der Waals surface area (Å²) in [4.78, 5) is 29.5. The number of nitrogens with zero attached hydrogens (tertiary/aromatic N) is 5. The van der Waals surface area contributed by atoms with E-state index in [9.17, 15) is 4.79 Å². The van der Waals surface area contributed by atoms with E-state index in [4.69, 9.17) is 4.74 Å². The first-order valence-corrected chi connectivity index (χ1v) is 10.0. The molecule has 7 nitrogen and oxygen atoms in total. The van der Waals surface area contributed by atoms with Gasteiger partial charge >= 0.3 is 0 Å². The average Bonchev–Trinajstić information content (AvgIpc) is 3.18. The summed E-state index contributed by atoms with van der Waals surface area (Å²) in [6, 6.07) is 1.77. The second kappa shape index (κ2) is 9.81. The van der Waals surface area contributed by atoms with E-state index in [0.29, 0.717) is 24.0 Å². The van der Waals surface area contributed by atoms with Crippen molar-refractivity contribution in [3.05, 3.63) is 35.0 Å². The molecule has 0 aliphatic carbocycles. The lowest BCUT2D eigenvalue weighted by molar-refractivity contribution is -0.129. The van der Waals surface area contributed by atoms with Gasteiger partial charge in [0.25, 0.3) is 0 Å². The molecular formula is C16H21N5O2S2. The number of aromatic nitrogens is 3. The SMILES string of the molecule is O=C(CSc1ncccn1)N(CCN1CCOCC1)Cc1nccs1. The lowest BCUT2D eigenvalue weighted by Crippen LogP contribution is -2.43. The number of carbonyl (C=O) groups is 1. The first-order valence-electron chi connectivity index (χ1n) is 8.17. The summed E-state index contributed by atoms with van der Waals surface area (Å²) in [7, 11) is 0. The molecule has 1 fully saturated rings. The largest absolute Gasteiger partial charge is 0.379 e. The summed E-state index contributed by atoms with van der Waals surface area (Å²) in [6.45, 7) is 5.47. The van der Waals surface area contributed by atoms with E-state index >= 15 is 0 Å². The van der Waals surface area contributed by atoms with E-state index in [1.54, 1.807) is 36.0 Å². The zero-order valence-electron chi connectivity index (χ0n) is 13.9. The fourth-order valence-corrected chi connectivity index (χ4v) is 3.79. The second-order valence-electron chi connectivity index (χ2n) is 5.52. The zero-order chi connectivity index (χ0) is 17.3. The molecule has 3 heterocycles. The molecule has 0 unspecified atom stereocenters. The fourth-order valence-electron chi connectivity index (χ4n) is 2.45. The Balaban J connectivity index is 1.55. The van der Waals surface area contributed by atoms with Gasteiger partial charge in [0.2, 0.25) is 5.91 Å². The Morgan fingerprint density at radius 1 is 1.24 bits per heavy atom. The first-order chi connectivity index (χ1) is 12.3. The molecule has 25 heavy (non-hydrogen) atoms. The maximum Gasteiger partial charge on any atom is 0.233 e. The van der Waals surface area contributed by atoms with Crippen LogP contribution in [0.3, 0.4) is 0 Å². The summed E-state index contributed by atoms with van der Waals surface area (Å²) in [5, 5.41) is 3.52. The van der Waals surface area contributed by atoms with Gasteiger partial charge < -0.3 is 9.64 Å². The quantitative estimate of drug-likeness (QED) is 0.507. The first kappa shape index (κ1) is 18.2. The van der Waals surface area contributed by atoms with Crippen molar-refractivity contribution < 1.29 is 9.53 Å². The van der Waals surface area contributed by atoms with Crippen molar-refractivity contribution in [3.8, 4) is 0 Å². The topological polar surface area (TPSA) is 71.5 Å². The lowest BCUT2D eigenvalue weighted by atomic mass is 10.3. The normalized spacial score (nSPS) is 15.2. The van der Waals surface area contributed by atoms with Crippen molar-refractivity contribution in [2.24, 2.45) is 0 Å². The third kappa shape index (κ3) is 6.03. The van der Waals surface area contributed by atoms with Gasteiger partial charge in [-0.2, -0.15) is 0 Å². The second-order valence-corrected chi connectivity index (χ2v) is 7.44. The predicted molar refractivity (Wildman–Crippen MR) is 97.5 cm³/mol. The minimum Gasteiger partial charge on any atom is -0.379 e. The van der Waals surface area contributed by atoms with Crippen LogP contribution in [0.4, 0.5) is 0 Å². The molecule has 0 aromatic carbocycles. The molecule has 0 saturated carbocycles. The molecule has 0 N–H and O–H groups in total. The maximum absolute atomic E-state index is 12.7. The molecule has 1 aliphatic heterocycles. The number of ether oxygens (including phenoxy) is 1. The molecule has 0 bridgehead atoms. The van der Waals surface area contributed by atoms with Crippen molar-refractivity contribution in [1.82, 2.24) is 24.8 Å². The van der Waals surface area contributed by atoms with Gasteiger partial charge in [0, 0.05) is 50.1 Å². The van der Waals surface area contributed by atoms with E-state index in [-0.39, 0.29) is 5.91 Å². The number of morpholine rings is 1. The molecule has 3 rings (SSSR count). The zero-order valence-corrected chi connectivity index (χ0v) is 15.5. The van der Waals surface area contributed by atoms with Crippen molar-refractivity contribution in [1.29, 1.82) is 0 Å². The van der Waals surface area contributed by atoms with Crippen LogP contribution in [0.2, 0.25) is 0 Å². The van der Waals surface area contributed by atoms with Crippen molar-refractivity contribution >= 4 is 29.0 Å². The molecular weight excluding hydrogens is 358 g/mol. The molecule has 1 saturated heterocycles. The monoisotopic (exact) mass is 379 g/mol. The van der Waals surface area contributed by atoms with Gasteiger partial charge in [-0.15, -0.1) is 11.3 Å². The van der Waals surface area contributed by atoms with E-state index < -0.39 is 0 Å². The van der Waals surface area contributed by atoms with Crippen LogP contribution in [0.5, 0.6) is 0 Å². The highest BCUT2D eigenvalue weighted by atomic mass is 32.2. The smallest absolute Gasteiger partial charge is 0.233 e. The molecule has 9 heteroatoms. The van der Waals surface area contributed by atoms with Crippen molar-refractivity contribution in [2.75, 3.05) is 45.1 Å². The summed E-state index contributed by atoms with van der Waals surface area (Å²) < 4.78 is 5.38. The van der Waals surface area contributed by atoms with Crippen LogP contribution in [0, 0.1) is 0 Å². The maximum atomic E-state index is 12.7. The van der Waals surface area contributed by atoms with E-state index in [1.165, 1.54) is 11.8 Å². The van der Waals surface area contributed by atoms with Crippen molar-refractivity contribution in [2.45, 2.75) is 11.7 Å². The van der Waals surface area contributed by atoms with Crippen LogP contribution in [0.15, 0.2) is 35.2 Å². The molecule has 2 aromatic heterocycles. The van der Waals surface area contributed by atoms with Gasteiger partial charge in [-0.05, 0) is 6.07 Å².